The number of hydrogen-bond acceptors (Lipinski definition) is 1. The summed E-state index contributed by atoms with van der Waals surface area (Å²) in [4.78, 5) is 0. The molecule has 2 heteroatoms. The first-order valence-electron chi connectivity index (χ1n) is 4.57. The van der Waals surface area contributed by atoms with Crippen molar-refractivity contribution in [2.24, 2.45) is 0 Å². The Morgan fingerprint density at radius 2 is 2.29 bits per heavy atom. The Hall–Kier alpha value is -1.31. The fourth-order valence-corrected chi connectivity index (χ4v) is 1.16. The quantitative estimate of drug-likeness (QED) is 0.666. The van der Waals surface area contributed by atoms with Crippen LogP contribution in [0.1, 0.15) is 18.4 Å². The maximum Gasteiger partial charge on any atom is 0.165 e. The van der Waals surface area contributed by atoms with E-state index in [9.17, 15) is 4.39 Å². The SMILES string of the molecule is [CH2]C(C=C)c1ccc(OCC)c(F)c1. The molecule has 1 aromatic rings. The summed E-state index contributed by atoms with van der Waals surface area (Å²) in [5.74, 6) is -0.146. The minimum Gasteiger partial charge on any atom is -0.491 e. The van der Waals surface area contributed by atoms with E-state index >= 15 is 0 Å². The van der Waals surface area contributed by atoms with Gasteiger partial charge in [-0.2, -0.15) is 0 Å². The molecule has 1 aromatic carbocycles. The van der Waals surface area contributed by atoms with E-state index in [-0.39, 0.29) is 17.5 Å². The molecule has 0 saturated carbocycles. The highest BCUT2D eigenvalue weighted by molar-refractivity contribution is 5.33. The number of halogens is 1. The standard InChI is InChI=1S/C12H14FO/c1-4-9(3)10-6-7-12(14-5-2)11(13)8-10/h4,6-9H,1,3,5H2,2H3. The first kappa shape index (κ1) is 10.8. The van der Waals surface area contributed by atoms with Gasteiger partial charge in [0.25, 0.3) is 0 Å². The molecule has 0 amide bonds. The predicted octanol–water partition coefficient (Wildman–Crippen LogP) is 3.33. The van der Waals surface area contributed by atoms with Crippen molar-refractivity contribution in [1.29, 1.82) is 0 Å². The third-order valence-electron chi connectivity index (χ3n) is 1.97. The van der Waals surface area contributed by atoms with Crippen LogP contribution in [0.15, 0.2) is 30.9 Å². The number of benzene rings is 1. The van der Waals surface area contributed by atoms with Crippen LogP contribution in [0.3, 0.4) is 0 Å². The lowest BCUT2D eigenvalue weighted by molar-refractivity contribution is 0.321. The lowest BCUT2D eigenvalue weighted by Crippen LogP contribution is -1.96. The second kappa shape index (κ2) is 4.80. The maximum absolute atomic E-state index is 13.3. The number of hydrogen-bond donors (Lipinski definition) is 0. The van der Waals surface area contributed by atoms with Crippen molar-refractivity contribution in [3.05, 3.63) is 49.2 Å². The van der Waals surface area contributed by atoms with Gasteiger partial charge >= 0.3 is 0 Å². The molecule has 0 saturated heterocycles. The second-order valence-corrected chi connectivity index (χ2v) is 2.97. The number of rotatable bonds is 4. The summed E-state index contributed by atoms with van der Waals surface area (Å²) in [5.41, 5.74) is 0.806. The third kappa shape index (κ3) is 2.34. The molecular weight excluding hydrogens is 179 g/mol. The molecule has 0 aromatic heterocycles. The summed E-state index contributed by atoms with van der Waals surface area (Å²) in [6.07, 6.45) is 1.68. The molecular formula is C12H14FO. The highest BCUT2D eigenvalue weighted by Crippen LogP contribution is 2.23. The largest absolute Gasteiger partial charge is 0.491 e. The van der Waals surface area contributed by atoms with Gasteiger partial charge in [-0.15, -0.1) is 6.58 Å². The third-order valence-corrected chi connectivity index (χ3v) is 1.97. The monoisotopic (exact) mass is 193 g/mol. The van der Waals surface area contributed by atoms with Crippen LogP contribution in [0.25, 0.3) is 0 Å². The van der Waals surface area contributed by atoms with Gasteiger partial charge in [0.2, 0.25) is 0 Å². The smallest absolute Gasteiger partial charge is 0.165 e. The van der Waals surface area contributed by atoms with E-state index in [1.165, 1.54) is 6.07 Å². The van der Waals surface area contributed by atoms with E-state index in [1.54, 1.807) is 18.2 Å². The average Bonchev–Trinajstić information content (AvgIpc) is 2.20. The molecule has 1 atom stereocenters. The van der Waals surface area contributed by atoms with E-state index in [0.29, 0.717) is 6.61 Å². The zero-order chi connectivity index (χ0) is 10.6. The van der Waals surface area contributed by atoms with E-state index < -0.39 is 0 Å². The van der Waals surface area contributed by atoms with Crippen LogP contribution in [0.4, 0.5) is 4.39 Å². The van der Waals surface area contributed by atoms with Crippen LogP contribution in [0, 0.1) is 12.7 Å². The van der Waals surface area contributed by atoms with Gasteiger partial charge < -0.3 is 4.74 Å². The van der Waals surface area contributed by atoms with Crippen LogP contribution < -0.4 is 4.74 Å². The Labute approximate surface area is 84.2 Å². The molecule has 1 nitrogen and oxygen atoms in total. The fraction of sp³-hybridized carbons (Fsp3) is 0.250. The normalized spacial score (nSPS) is 12.2. The van der Waals surface area contributed by atoms with Crippen molar-refractivity contribution in [3.8, 4) is 5.75 Å². The van der Waals surface area contributed by atoms with Crippen molar-refractivity contribution in [1.82, 2.24) is 0 Å². The lowest BCUT2D eigenvalue weighted by atomic mass is 10.0. The number of ether oxygens (including phenoxy) is 1. The minimum atomic E-state index is -0.347. The van der Waals surface area contributed by atoms with Gasteiger partial charge in [0.15, 0.2) is 11.6 Å². The summed E-state index contributed by atoms with van der Waals surface area (Å²) in [7, 11) is 0. The molecule has 0 aliphatic carbocycles. The summed E-state index contributed by atoms with van der Waals surface area (Å²) < 4.78 is 18.4. The van der Waals surface area contributed by atoms with E-state index in [0.717, 1.165) is 5.56 Å². The molecule has 0 heterocycles. The van der Waals surface area contributed by atoms with Gasteiger partial charge in [-0.05, 0) is 31.5 Å². The molecule has 1 radical (unpaired) electrons. The highest BCUT2D eigenvalue weighted by atomic mass is 19.1. The Balaban J connectivity index is 2.93. The lowest BCUT2D eigenvalue weighted by Gasteiger charge is -2.09. The van der Waals surface area contributed by atoms with Gasteiger partial charge in [-0.1, -0.05) is 12.1 Å². The molecule has 1 rings (SSSR count). The first-order chi connectivity index (χ1) is 6.69. The molecule has 0 bridgehead atoms. The average molecular weight is 193 g/mol. The minimum absolute atomic E-state index is 0.0832. The molecule has 0 aliphatic heterocycles. The van der Waals surface area contributed by atoms with Crippen molar-refractivity contribution in [2.45, 2.75) is 12.8 Å². The van der Waals surface area contributed by atoms with Crippen molar-refractivity contribution in [2.75, 3.05) is 6.61 Å². The Morgan fingerprint density at radius 3 is 2.79 bits per heavy atom. The molecule has 75 valence electrons. The Kier molecular flexibility index (Phi) is 3.69. The van der Waals surface area contributed by atoms with E-state index in [1.807, 2.05) is 6.92 Å². The summed E-state index contributed by atoms with van der Waals surface area (Å²) >= 11 is 0. The van der Waals surface area contributed by atoms with Crippen LogP contribution in [-0.2, 0) is 0 Å². The molecule has 0 spiro atoms. The first-order valence-corrected chi connectivity index (χ1v) is 4.57. The van der Waals surface area contributed by atoms with Crippen LogP contribution in [0.2, 0.25) is 0 Å². The molecule has 0 aliphatic rings. The molecule has 1 unspecified atom stereocenters. The van der Waals surface area contributed by atoms with E-state index in [2.05, 4.69) is 13.5 Å². The molecule has 14 heavy (non-hydrogen) atoms. The van der Waals surface area contributed by atoms with Crippen LogP contribution in [0.5, 0.6) is 5.75 Å². The topological polar surface area (TPSA) is 9.23 Å². The Morgan fingerprint density at radius 1 is 1.57 bits per heavy atom. The predicted molar refractivity (Wildman–Crippen MR) is 55.9 cm³/mol. The second-order valence-electron chi connectivity index (χ2n) is 2.97. The summed E-state index contributed by atoms with van der Waals surface area (Å²) in [6.45, 7) is 9.71. The Bertz CT molecular complexity index is 320. The highest BCUT2D eigenvalue weighted by Gasteiger charge is 2.06. The van der Waals surface area contributed by atoms with Gasteiger partial charge in [-0.25, -0.2) is 4.39 Å². The zero-order valence-corrected chi connectivity index (χ0v) is 8.29. The van der Waals surface area contributed by atoms with E-state index in [4.69, 9.17) is 4.74 Å². The molecule has 0 N–H and O–H groups in total. The maximum atomic E-state index is 13.3. The van der Waals surface area contributed by atoms with Crippen molar-refractivity contribution in [3.63, 3.8) is 0 Å². The van der Waals surface area contributed by atoms with Crippen LogP contribution in [-0.4, -0.2) is 6.61 Å². The fourth-order valence-electron chi connectivity index (χ4n) is 1.16. The summed E-state index contributed by atoms with van der Waals surface area (Å²) in [5, 5.41) is 0. The number of allylic oxidation sites excluding steroid dienone is 1. The molecule has 0 fully saturated rings. The van der Waals surface area contributed by atoms with Gasteiger partial charge in [0, 0.05) is 5.92 Å². The van der Waals surface area contributed by atoms with Gasteiger partial charge in [0.05, 0.1) is 6.61 Å². The summed E-state index contributed by atoms with van der Waals surface area (Å²) in [6, 6.07) is 4.85. The van der Waals surface area contributed by atoms with Crippen molar-refractivity contribution < 1.29 is 9.13 Å². The zero-order valence-electron chi connectivity index (χ0n) is 8.29. The van der Waals surface area contributed by atoms with Gasteiger partial charge in [0.1, 0.15) is 0 Å². The van der Waals surface area contributed by atoms with Crippen LogP contribution >= 0.6 is 0 Å². The van der Waals surface area contributed by atoms with Crippen molar-refractivity contribution >= 4 is 0 Å². The van der Waals surface area contributed by atoms with Gasteiger partial charge in [-0.3, -0.25) is 0 Å².